The number of quaternary nitrogens is 1. The van der Waals surface area contributed by atoms with Crippen LogP contribution in [-0.4, -0.2) is 30.2 Å². The SMILES string of the molecule is C[C@@H](c1ccccc1)[N@@+]12[B-]3OC(c4ccccc4)(c4ccccc4)[C@@H]1CC[C@@H]2CN3c1ccccc1. The van der Waals surface area contributed by atoms with Gasteiger partial charge in [0.1, 0.15) is 5.60 Å². The van der Waals surface area contributed by atoms with E-state index in [9.17, 15) is 0 Å². The van der Waals surface area contributed by atoms with Gasteiger partial charge in [0.25, 0.3) is 0 Å². The van der Waals surface area contributed by atoms with Crippen molar-refractivity contribution in [1.82, 2.24) is 0 Å². The largest absolute Gasteiger partial charge is 0.524 e. The first kappa shape index (κ1) is 21.9. The maximum Gasteiger partial charge on any atom is 0.410 e. The summed E-state index contributed by atoms with van der Waals surface area (Å²) in [7, 11) is -0.0551. The van der Waals surface area contributed by atoms with E-state index in [-0.39, 0.29) is 7.19 Å². The van der Waals surface area contributed by atoms with Crippen molar-refractivity contribution in [2.45, 2.75) is 43.5 Å². The van der Waals surface area contributed by atoms with Crippen LogP contribution in [0.25, 0.3) is 0 Å². The molecule has 0 bridgehead atoms. The van der Waals surface area contributed by atoms with Crippen molar-refractivity contribution in [3.05, 3.63) is 138 Å². The molecule has 0 saturated carbocycles. The number of para-hydroxylation sites is 1. The zero-order valence-corrected chi connectivity index (χ0v) is 20.8. The molecule has 3 heterocycles. The molecule has 1 radical (unpaired) electrons. The summed E-state index contributed by atoms with van der Waals surface area (Å²) in [6, 6.07) is 45.2. The molecule has 36 heavy (non-hydrogen) atoms. The minimum absolute atomic E-state index is 0.0551. The van der Waals surface area contributed by atoms with E-state index in [1.54, 1.807) is 0 Å². The van der Waals surface area contributed by atoms with Gasteiger partial charge in [-0.25, -0.2) is 0 Å². The molecule has 3 saturated heterocycles. The standard InChI is InChI=1S/C32H32BN2O/c1-25(26-14-6-2-7-15-26)35-30-22-23-31(35)32(27-16-8-3-9-17-27,28-18-10-4-11-19-28)36-33(35)34(24-30)29-20-12-5-13-21-29/h2-21,25,30-31H,22-24H2,1H3/t25-,30+,31-,35-/m0/s1. The Balaban J connectivity index is 1.49. The highest BCUT2D eigenvalue weighted by Crippen LogP contribution is 2.62. The summed E-state index contributed by atoms with van der Waals surface area (Å²) in [5, 5.41) is 0. The summed E-state index contributed by atoms with van der Waals surface area (Å²) < 4.78 is 8.55. The zero-order valence-electron chi connectivity index (χ0n) is 20.8. The molecule has 0 unspecified atom stereocenters. The van der Waals surface area contributed by atoms with Crippen LogP contribution in [0, 0.1) is 0 Å². The molecular formula is C32H32BN2O. The molecule has 4 aromatic rings. The predicted octanol–water partition coefficient (Wildman–Crippen LogP) is 6.57. The van der Waals surface area contributed by atoms with E-state index in [4.69, 9.17) is 4.65 Å². The quantitative estimate of drug-likeness (QED) is 0.305. The smallest absolute Gasteiger partial charge is 0.410 e. The Kier molecular flexibility index (Phi) is 5.09. The van der Waals surface area contributed by atoms with Gasteiger partial charge in [0.05, 0.1) is 18.1 Å². The molecule has 7 rings (SSSR count). The van der Waals surface area contributed by atoms with Crippen LogP contribution in [0.2, 0.25) is 0 Å². The Bertz CT molecular complexity index is 1290. The van der Waals surface area contributed by atoms with Crippen molar-refractivity contribution in [3.63, 3.8) is 0 Å². The third kappa shape index (κ3) is 2.89. The zero-order chi connectivity index (χ0) is 24.2. The number of benzene rings is 4. The molecule has 3 aliphatic heterocycles. The maximum absolute atomic E-state index is 7.59. The molecule has 3 aliphatic rings. The molecule has 4 atom stereocenters. The van der Waals surface area contributed by atoms with E-state index < -0.39 is 5.60 Å². The van der Waals surface area contributed by atoms with Gasteiger partial charge in [-0.2, -0.15) is 0 Å². The molecule has 0 aromatic heterocycles. The van der Waals surface area contributed by atoms with Crippen molar-refractivity contribution in [2.75, 3.05) is 11.4 Å². The van der Waals surface area contributed by atoms with Crippen LogP contribution in [-0.2, 0) is 10.3 Å². The van der Waals surface area contributed by atoms with Crippen LogP contribution in [0.5, 0.6) is 0 Å². The van der Waals surface area contributed by atoms with Crippen LogP contribution in [0.1, 0.15) is 42.5 Å². The lowest BCUT2D eigenvalue weighted by molar-refractivity contribution is -0.883. The second-order valence-electron chi connectivity index (χ2n) is 10.6. The fourth-order valence-corrected chi connectivity index (χ4v) is 7.77. The summed E-state index contributed by atoms with van der Waals surface area (Å²) in [4.78, 5) is 2.56. The molecular weight excluding hydrogens is 439 g/mol. The van der Waals surface area contributed by atoms with Crippen LogP contribution < -0.4 is 4.81 Å². The average Bonchev–Trinajstić information content (AvgIpc) is 3.60. The number of anilines is 1. The summed E-state index contributed by atoms with van der Waals surface area (Å²) in [5.41, 5.74) is 4.68. The summed E-state index contributed by atoms with van der Waals surface area (Å²) in [6.07, 6.45) is 2.37. The Morgan fingerprint density at radius 2 is 1.28 bits per heavy atom. The van der Waals surface area contributed by atoms with E-state index >= 15 is 0 Å². The summed E-state index contributed by atoms with van der Waals surface area (Å²) in [5.74, 6) is 0. The third-order valence-corrected chi connectivity index (χ3v) is 9.21. The molecule has 3 fully saturated rings. The Morgan fingerprint density at radius 3 is 1.86 bits per heavy atom. The highest BCUT2D eigenvalue weighted by Gasteiger charge is 2.70. The molecule has 3 nitrogen and oxygen atoms in total. The number of rotatable bonds is 5. The van der Waals surface area contributed by atoms with Gasteiger partial charge in [0, 0.05) is 30.6 Å². The summed E-state index contributed by atoms with van der Waals surface area (Å²) in [6.45, 7) is 3.47. The lowest BCUT2D eigenvalue weighted by atomic mass is 9.78. The Hall–Kier alpha value is -3.34. The van der Waals surface area contributed by atoms with Gasteiger partial charge in [-0.1, -0.05) is 109 Å². The number of nitrogens with zero attached hydrogens (tertiary/aromatic N) is 2. The van der Waals surface area contributed by atoms with Gasteiger partial charge < -0.3 is 13.9 Å². The van der Waals surface area contributed by atoms with Crippen molar-refractivity contribution in [3.8, 4) is 0 Å². The Labute approximate surface area is 214 Å². The van der Waals surface area contributed by atoms with E-state index in [0.29, 0.717) is 18.1 Å². The van der Waals surface area contributed by atoms with Gasteiger partial charge in [0.15, 0.2) is 0 Å². The first-order valence-corrected chi connectivity index (χ1v) is 13.3. The van der Waals surface area contributed by atoms with E-state index in [1.807, 2.05) is 0 Å². The van der Waals surface area contributed by atoms with Gasteiger partial charge >= 0.3 is 7.19 Å². The first-order valence-electron chi connectivity index (χ1n) is 13.3. The van der Waals surface area contributed by atoms with Gasteiger partial charge in [-0.3, -0.25) is 0 Å². The van der Waals surface area contributed by atoms with E-state index in [0.717, 1.165) is 17.4 Å². The monoisotopic (exact) mass is 471 g/mol. The molecule has 4 heteroatoms. The molecule has 0 spiro atoms. The van der Waals surface area contributed by atoms with Crippen LogP contribution in [0.15, 0.2) is 121 Å². The second-order valence-corrected chi connectivity index (χ2v) is 10.6. The molecule has 179 valence electrons. The molecule has 0 aliphatic carbocycles. The van der Waals surface area contributed by atoms with Crippen LogP contribution in [0.3, 0.4) is 0 Å². The molecule has 0 N–H and O–H groups in total. The van der Waals surface area contributed by atoms with Crippen molar-refractivity contribution < 1.29 is 9.05 Å². The van der Waals surface area contributed by atoms with E-state index in [2.05, 4.69) is 133 Å². The third-order valence-electron chi connectivity index (χ3n) is 9.21. The van der Waals surface area contributed by atoms with Gasteiger partial charge in [-0.15, -0.1) is 0 Å². The van der Waals surface area contributed by atoms with Crippen LogP contribution in [0.4, 0.5) is 5.69 Å². The Morgan fingerprint density at radius 1 is 0.750 bits per heavy atom. The second kappa shape index (κ2) is 8.36. The fourth-order valence-electron chi connectivity index (χ4n) is 7.77. The predicted molar refractivity (Wildman–Crippen MR) is 146 cm³/mol. The number of hydrogen-bond donors (Lipinski definition) is 0. The van der Waals surface area contributed by atoms with E-state index in [1.165, 1.54) is 28.8 Å². The first-order chi connectivity index (χ1) is 17.8. The van der Waals surface area contributed by atoms with Crippen LogP contribution >= 0.6 is 0 Å². The topological polar surface area (TPSA) is 12.5 Å². The lowest BCUT2D eigenvalue weighted by Gasteiger charge is -2.54. The summed E-state index contributed by atoms with van der Waals surface area (Å²) >= 11 is 0. The van der Waals surface area contributed by atoms with Gasteiger partial charge in [-0.05, 0) is 30.2 Å². The molecule has 0 amide bonds. The highest BCUT2D eigenvalue weighted by atomic mass is 16.5. The molecule has 4 aromatic carbocycles. The lowest BCUT2D eigenvalue weighted by Crippen LogP contribution is -2.62. The fraction of sp³-hybridized carbons (Fsp3) is 0.250. The number of hydrogen-bond acceptors (Lipinski definition) is 2. The normalized spacial score (nSPS) is 27.2. The van der Waals surface area contributed by atoms with Crippen molar-refractivity contribution in [2.24, 2.45) is 0 Å². The minimum atomic E-state index is -0.502. The van der Waals surface area contributed by atoms with Crippen molar-refractivity contribution in [1.29, 1.82) is 0 Å². The average molecular weight is 471 g/mol. The minimum Gasteiger partial charge on any atom is -0.524 e. The van der Waals surface area contributed by atoms with Gasteiger partial charge in [0.2, 0.25) is 0 Å². The highest BCUT2D eigenvalue weighted by molar-refractivity contribution is 6.51. The maximum atomic E-state index is 7.59. The van der Waals surface area contributed by atoms with Crippen molar-refractivity contribution >= 4 is 12.9 Å².